The van der Waals surface area contributed by atoms with Gasteiger partial charge in [0.05, 0.1) is 0 Å². The van der Waals surface area contributed by atoms with E-state index in [1.54, 1.807) is 0 Å². The van der Waals surface area contributed by atoms with Crippen LogP contribution in [-0.2, 0) is 4.79 Å². The van der Waals surface area contributed by atoms with Crippen LogP contribution < -0.4 is 5.32 Å². The van der Waals surface area contributed by atoms with Crippen molar-refractivity contribution in [1.29, 1.82) is 0 Å². The minimum absolute atomic E-state index is 0.0280. The van der Waals surface area contributed by atoms with Crippen LogP contribution in [0.1, 0.15) is 42.1 Å². The Labute approximate surface area is 145 Å². The molecule has 1 aliphatic rings. The van der Waals surface area contributed by atoms with E-state index in [0.29, 0.717) is 25.1 Å². The second-order valence-corrected chi connectivity index (χ2v) is 6.40. The van der Waals surface area contributed by atoms with E-state index in [9.17, 15) is 9.59 Å². The van der Waals surface area contributed by atoms with E-state index in [0.717, 1.165) is 44.6 Å². The zero-order valence-corrected chi connectivity index (χ0v) is 14.9. The van der Waals surface area contributed by atoms with E-state index < -0.39 is 0 Å². The molecule has 0 atom stereocenters. The van der Waals surface area contributed by atoms with Crippen LogP contribution >= 0.6 is 0 Å². The van der Waals surface area contributed by atoms with Gasteiger partial charge in [0.1, 0.15) is 0 Å². The Bertz CT molecular complexity index is 553. The van der Waals surface area contributed by atoms with Crippen LogP contribution in [0.3, 0.4) is 0 Å². The molecule has 0 radical (unpaired) electrons. The number of unbranched alkanes of at least 4 members (excludes halogenated alkanes) is 1. The lowest BCUT2D eigenvalue weighted by molar-refractivity contribution is -0.131. The molecule has 5 heteroatoms. The van der Waals surface area contributed by atoms with Crippen LogP contribution in [0.25, 0.3) is 0 Å². The maximum absolute atomic E-state index is 12.8. The van der Waals surface area contributed by atoms with Crippen molar-refractivity contribution in [2.45, 2.75) is 33.1 Å². The smallest absolute Gasteiger partial charge is 0.253 e. The van der Waals surface area contributed by atoms with E-state index in [1.165, 1.54) is 0 Å². The summed E-state index contributed by atoms with van der Waals surface area (Å²) in [4.78, 5) is 28.9. The Hall–Kier alpha value is -1.88. The van der Waals surface area contributed by atoms with Gasteiger partial charge in [0.2, 0.25) is 5.91 Å². The Kier molecular flexibility index (Phi) is 7.25. The van der Waals surface area contributed by atoms with Crippen LogP contribution in [0.5, 0.6) is 0 Å². The monoisotopic (exact) mass is 331 g/mol. The highest BCUT2D eigenvalue weighted by molar-refractivity contribution is 5.94. The second kappa shape index (κ2) is 9.42. The number of aryl methyl sites for hydroxylation is 1. The first-order chi connectivity index (χ1) is 11.6. The van der Waals surface area contributed by atoms with Crippen molar-refractivity contribution in [3.8, 4) is 0 Å². The van der Waals surface area contributed by atoms with Crippen LogP contribution in [0, 0.1) is 6.92 Å². The van der Waals surface area contributed by atoms with Crippen LogP contribution in [0.4, 0.5) is 0 Å². The minimum atomic E-state index is 0.0280. The molecule has 24 heavy (non-hydrogen) atoms. The van der Waals surface area contributed by atoms with Gasteiger partial charge < -0.3 is 15.1 Å². The van der Waals surface area contributed by atoms with E-state index in [4.69, 9.17) is 0 Å². The predicted octanol–water partition coefficient (Wildman–Crippen LogP) is 2.06. The molecule has 1 saturated heterocycles. The predicted molar refractivity (Wildman–Crippen MR) is 96.1 cm³/mol. The topological polar surface area (TPSA) is 52.7 Å². The number of hydrogen-bond acceptors (Lipinski definition) is 3. The zero-order chi connectivity index (χ0) is 17.4. The zero-order valence-electron chi connectivity index (χ0n) is 14.9. The molecule has 5 nitrogen and oxygen atoms in total. The Morgan fingerprint density at radius 2 is 1.96 bits per heavy atom. The number of carbonyl (C=O) groups is 2. The van der Waals surface area contributed by atoms with E-state index in [-0.39, 0.29) is 11.8 Å². The van der Waals surface area contributed by atoms with Crippen molar-refractivity contribution in [3.63, 3.8) is 0 Å². The van der Waals surface area contributed by atoms with Crippen molar-refractivity contribution >= 4 is 11.8 Å². The quantitative estimate of drug-likeness (QED) is 0.832. The summed E-state index contributed by atoms with van der Waals surface area (Å²) in [6.45, 7) is 8.54. The summed E-state index contributed by atoms with van der Waals surface area (Å²) in [6, 6.07) is 7.67. The standard InChI is InChI=1S/C19H29N3O2/c1-3-4-11-22(19(24)17-7-5-6-16(2)15-17)12-8-18(23)21-13-9-20-10-14-21/h5-7,15,20H,3-4,8-14H2,1-2H3. The summed E-state index contributed by atoms with van der Waals surface area (Å²) >= 11 is 0. The summed E-state index contributed by atoms with van der Waals surface area (Å²) in [7, 11) is 0. The average Bonchev–Trinajstić information content (AvgIpc) is 2.62. The van der Waals surface area contributed by atoms with Gasteiger partial charge in [-0.1, -0.05) is 31.0 Å². The summed E-state index contributed by atoms with van der Waals surface area (Å²) < 4.78 is 0. The van der Waals surface area contributed by atoms with Gasteiger partial charge in [-0.15, -0.1) is 0 Å². The minimum Gasteiger partial charge on any atom is -0.340 e. The van der Waals surface area contributed by atoms with Gasteiger partial charge in [-0.3, -0.25) is 9.59 Å². The normalized spacial score (nSPS) is 14.5. The van der Waals surface area contributed by atoms with Crippen molar-refractivity contribution in [1.82, 2.24) is 15.1 Å². The fourth-order valence-corrected chi connectivity index (χ4v) is 2.93. The van der Waals surface area contributed by atoms with Crippen LogP contribution in [-0.4, -0.2) is 60.9 Å². The highest BCUT2D eigenvalue weighted by Crippen LogP contribution is 2.10. The summed E-state index contributed by atoms with van der Waals surface area (Å²) in [5, 5.41) is 3.25. The molecule has 1 fully saturated rings. The van der Waals surface area contributed by atoms with Gasteiger partial charge in [-0.25, -0.2) is 0 Å². The second-order valence-electron chi connectivity index (χ2n) is 6.40. The number of piperazine rings is 1. The maximum Gasteiger partial charge on any atom is 0.253 e. The van der Waals surface area contributed by atoms with E-state index in [1.807, 2.05) is 41.0 Å². The molecule has 0 bridgehead atoms. The number of benzene rings is 1. The molecular weight excluding hydrogens is 302 g/mol. The fraction of sp³-hybridized carbons (Fsp3) is 0.579. The van der Waals surface area contributed by atoms with Gasteiger partial charge in [-0.05, 0) is 25.5 Å². The molecule has 1 aromatic carbocycles. The molecule has 0 saturated carbocycles. The lowest BCUT2D eigenvalue weighted by atomic mass is 10.1. The molecule has 1 aromatic rings. The van der Waals surface area contributed by atoms with Crippen LogP contribution in [0.2, 0.25) is 0 Å². The van der Waals surface area contributed by atoms with Gasteiger partial charge in [0, 0.05) is 51.3 Å². The molecule has 0 aliphatic carbocycles. The van der Waals surface area contributed by atoms with Crippen molar-refractivity contribution in [2.24, 2.45) is 0 Å². The van der Waals surface area contributed by atoms with E-state index in [2.05, 4.69) is 12.2 Å². The molecule has 0 spiro atoms. The summed E-state index contributed by atoms with van der Waals surface area (Å²) in [6.07, 6.45) is 2.39. The highest BCUT2D eigenvalue weighted by atomic mass is 16.2. The molecule has 2 rings (SSSR count). The molecule has 0 aromatic heterocycles. The SMILES string of the molecule is CCCCN(CCC(=O)N1CCNCC1)C(=O)c1cccc(C)c1. The van der Waals surface area contributed by atoms with Crippen molar-refractivity contribution in [2.75, 3.05) is 39.3 Å². The molecule has 2 amide bonds. The molecule has 1 N–H and O–H groups in total. The third-order valence-electron chi connectivity index (χ3n) is 4.40. The molecule has 0 unspecified atom stereocenters. The first kappa shape index (κ1) is 18.5. The van der Waals surface area contributed by atoms with Crippen LogP contribution in [0.15, 0.2) is 24.3 Å². The Balaban J connectivity index is 1.96. The highest BCUT2D eigenvalue weighted by Gasteiger charge is 2.20. The third-order valence-corrected chi connectivity index (χ3v) is 4.40. The van der Waals surface area contributed by atoms with Gasteiger partial charge in [-0.2, -0.15) is 0 Å². The number of carbonyl (C=O) groups excluding carboxylic acids is 2. The maximum atomic E-state index is 12.8. The van der Waals surface area contributed by atoms with Gasteiger partial charge >= 0.3 is 0 Å². The van der Waals surface area contributed by atoms with Crippen molar-refractivity contribution < 1.29 is 9.59 Å². The molecule has 1 heterocycles. The fourth-order valence-electron chi connectivity index (χ4n) is 2.93. The third kappa shape index (κ3) is 5.34. The number of rotatable bonds is 7. The Morgan fingerprint density at radius 1 is 1.21 bits per heavy atom. The largest absolute Gasteiger partial charge is 0.340 e. The number of nitrogens with one attached hydrogen (secondary N) is 1. The van der Waals surface area contributed by atoms with Gasteiger partial charge in [0.25, 0.3) is 5.91 Å². The average molecular weight is 331 g/mol. The Morgan fingerprint density at radius 3 is 2.62 bits per heavy atom. The number of amides is 2. The van der Waals surface area contributed by atoms with E-state index >= 15 is 0 Å². The summed E-state index contributed by atoms with van der Waals surface area (Å²) in [5.74, 6) is 0.176. The lowest BCUT2D eigenvalue weighted by Crippen LogP contribution is -2.47. The first-order valence-electron chi connectivity index (χ1n) is 8.96. The molecule has 132 valence electrons. The molecule has 1 aliphatic heterocycles. The summed E-state index contributed by atoms with van der Waals surface area (Å²) in [5.41, 5.74) is 1.79. The lowest BCUT2D eigenvalue weighted by Gasteiger charge is -2.29. The first-order valence-corrected chi connectivity index (χ1v) is 8.96. The number of nitrogens with zero attached hydrogens (tertiary/aromatic N) is 2. The molecular formula is C19H29N3O2. The van der Waals surface area contributed by atoms with Crippen molar-refractivity contribution in [3.05, 3.63) is 35.4 Å². The van der Waals surface area contributed by atoms with Gasteiger partial charge in [0.15, 0.2) is 0 Å². The number of hydrogen-bond donors (Lipinski definition) is 1.